The first-order valence-electron chi connectivity index (χ1n) is 6.16. The summed E-state index contributed by atoms with van der Waals surface area (Å²) in [4.78, 5) is 3.74. The van der Waals surface area contributed by atoms with Crippen LogP contribution in [0.25, 0.3) is 10.8 Å². The van der Waals surface area contributed by atoms with Crippen LogP contribution in [0.15, 0.2) is 18.3 Å². The summed E-state index contributed by atoms with van der Waals surface area (Å²) < 4.78 is 13.7. The molecule has 2 aromatic rings. The van der Waals surface area contributed by atoms with Crippen molar-refractivity contribution in [2.45, 2.75) is 33.1 Å². The number of fused-ring (bicyclic) bond motifs is 1. The number of hydrogen-bond donors (Lipinski definition) is 0. The van der Waals surface area contributed by atoms with Crippen molar-refractivity contribution in [3.8, 4) is 12.3 Å². The van der Waals surface area contributed by atoms with Gasteiger partial charge in [0, 0.05) is 17.0 Å². The van der Waals surface area contributed by atoms with Crippen molar-refractivity contribution in [1.29, 1.82) is 0 Å². The van der Waals surface area contributed by atoms with Gasteiger partial charge in [0.05, 0.1) is 5.56 Å². The first-order chi connectivity index (χ1) is 8.58. The van der Waals surface area contributed by atoms with Crippen LogP contribution in [0.4, 0.5) is 4.39 Å². The number of aryl methyl sites for hydroxylation is 1. The molecular formula is C16H16FN. The maximum atomic E-state index is 13.7. The van der Waals surface area contributed by atoms with Crippen molar-refractivity contribution in [3.05, 3.63) is 41.0 Å². The zero-order valence-electron chi connectivity index (χ0n) is 10.9. The Morgan fingerprint density at radius 1 is 1.39 bits per heavy atom. The summed E-state index contributed by atoms with van der Waals surface area (Å²) in [5, 5.41) is 1.75. The molecule has 1 nitrogen and oxygen atoms in total. The van der Waals surface area contributed by atoms with E-state index in [0.29, 0.717) is 5.92 Å². The van der Waals surface area contributed by atoms with E-state index in [2.05, 4.69) is 37.7 Å². The van der Waals surface area contributed by atoms with Gasteiger partial charge in [-0.1, -0.05) is 32.8 Å². The number of terminal acetylenes is 1. The third kappa shape index (κ3) is 1.97. The quantitative estimate of drug-likeness (QED) is 0.571. The lowest BCUT2D eigenvalue weighted by atomic mass is 9.91. The lowest BCUT2D eigenvalue weighted by Crippen LogP contribution is -1.99. The molecule has 0 fully saturated rings. The zero-order valence-corrected chi connectivity index (χ0v) is 10.9. The Kier molecular flexibility index (Phi) is 3.34. The van der Waals surface area contributed by atoms with Crippen molar-refractivity contribution >= 4 is 10.8 Å². The van der Waals surface area contributed by atoms with E-state index < -0.39 is 5.95 Å². The van der Waals surface area contributed by atoms with E-state index in [1.165, 1.54) is 5.56 Å². The molecule has 1 aromatic heterocycles. The lowest BCUT2D eigenvalue weighted by molar-refractivity contribution is 0.583. The molecule has 0 saturated heterocycles. The van der Waals surface area contributed by atoms with Gasteiger partial charge in [0.15, 0.2) is 0 Å². The second-order valence-electron chi connectivity index (χ2n) is 4.73. The Bertz CT molecular complexity index is 636. The molecule has 0 amide bonds. The Morgan fingerprint density at radius 3 is 2.67 bits per heavy atom. The van der Waals surface area contributed by atoms with Gasteiger partial charge in [0.2, 0.25) is 5.95 Å². The van der Waals surface area contributed by atoms with Crippen molar-refractivity contribution in [2.24, 2.45) is 0 Å². The van der Waals surface area contributed by atoms with E-state index in [0.717, 1.165) is 22.8 Å². The van der Waals surface area contributed by atoms with E-state index in [4.69, 9.17) is 6.42 Å². The summed E-state index contributed by atoms with van der Waals surface area (Å²) in [6, 6.07) is 4.15. The highest BCUT2D eigenvalue weighted by molar-refractivity contribution is 5.91. The van der Waals surface area contributed by atoms with Crippen LogP contribution in [0, 0.1) is 18.3 Å². The number of aromatic nitrogens is 1. The second kappa shape index (κ2) is 4.78. The number of halogens is 1. The van der Waals surface area contributed by atoms with Crippen LogP contribution in [0.3, 0.4) is 0 Å². The molecule has 0 atom stereocenters. The molecule has 1 aromatic carbocycles. The van der Waals surface area contributed by atoms with Crippen molar-refractivity contribution < 1.29 is 4.39 Å². The molecule has 0 spiro atoms. The van der Waals surface area contributed by atoms with Gasteiger partial charge in [-0.3, -0.25) is 0 Å². The van der Waals surface area contributed by atoms with Gasteiger partial charge in [-0.15, -0.1) is 6.42 Å². The number of rotatable bonds is 2. The zero-order chi connectivity index (χ0) is 13.3. The number of hydrogen-bond acceptors (Lipinski definition) is 1. The molecular weight excluding hydrogens is 225 g/mol. The molecule has 0 aliphatic rings. The van der Waals surface area contributed by atoms with Gasteiger partial charge in [-0.2, -0.15) is 4.39 Å². The predicted molar refractivity (Wildman–Crippen MR) is 73.1 cm³/mol. The molecule has 0 aliphatic carbocycles. The minimum atomic E-state index is -0.559. The van der Waals surface area contributed by atoms with Gasteiger partial charge in [-0.05, 0) is 29.5 Å². The molecule has 92 valence electrons. The molecule has 0 aliphatic heterocycles. The SMILES string of the molecule is C#Cc1c(F)ncc2cc(CC)cc(C(C)C)c12. The highest BCUT2D eigenvalue weighted by atomic mass is 19.1. The molecule has 0 N–H and O–H groups in total. The van der Waals surface area contributed by atoms with Gasteiger partial charge in [-0.25, -0.2) is 4.98 Å². The van der Waals surface area contributed by atoms with Gasteiger partial charge in [0.1, 0.15) is 0 Å². The summed E-state index contributed by atoms with van der Waals surface area (Å²) in [5.74, 6) is 2.17. The normalized spacial score (nSPS) is 10.9. The fraction of sp³-hybridized carbons (Fsp3) is 0.312. The first kappa shape index (κ1) is 12.6. The van der Waals surface area contributed by atoms with E-state index in [1.807, 2.05) is 6.07 Å². The topological polar surface area (TPSA) is 12.9 Å². The average Bonchev–Trinajstić information content (AvgIpc) is 2.37. The Hall–Kier alpha value is -1.88. The maximum absolute atomic E-state index is 13.7. The van der Waals surface area contributed by atoms with E-state index >= 15 is 0 Å². The van der Waals surface area contributed by atoms with E-state index in [-0.39, 0.29) is 5.56 Å². The predicted octanol–water partition coefficient (Wildman–Crippen LogP) is 4.04. The van der Waals surface area contributed by atoms with Crippen LogP contribution in [-0.2, 0) is 6.42 Å². The van der Waals surface area contributed by atoms with E-state index in [9.17, 15) is 4.39 Å². The Balaban J connectivity index is 2.93. The number of nitrogens with zero attached hydrogens (tertiary/aromatic N) is 1. The molecule has 0 radical (unpaired) electrons. The standard InChI is InChI=1S/C16H16FN/c1-5-11-7-12-9-18-16(17)13(6-2)15(12)14(8-11)10(3)4/h2,7-10H,5H2,1,3-4H3. The Morgan fingerprint density at radius 2 is 2.11 bits per heavy atom. The lowest BCUT2D eigenvalue weighted by Gasteiger charge is -2.14. The second-order valence-corrected chi connectivity index (χ2v) is 4.73. The van der Waals surface area contributed by atoms with Crippen molar-refractivity contribution in [1.82, 2.24) is 4.98 Å². The van der Waals surface area contributed by atoms with Gasteiger partial charge < -0.3 is 0 Å². The van der Waals surface area contributed by atoms with Crippen LogP contribution in [-0.4, -0.2) is 4.98 Å². The molecule has 0 bridgehead atoms. The molecule has 2 heteroatoms. The van der Waals surface area contributed by atoms with Crippen molar-refractivity contribution in [3.63, 3.8) is 0 Å². The highest BCUT2D eigenvalue weighted by Crippen LogP contribution is 2.30. The number of benzene rings is 1. The minimum Gasteiger partial charge on any atom is -0.227 e. The van der Waals surface area contributed by atoms with Gasteiger partial charge >= 0.3 is 0 Å². The maximum Gasteiger partial charge on any atom is 0.229 e. The molecule has 0 unspecified atom stereocenters. The fourth-order valence-corrected chi connectivity index (χ4v) is 2.23. The summed E-state index contributed by atoms with van der Waals surface area (Å²) in [5.41, 5.74) is 2.60. The first-order valence-corrected chi connectivity index (χ1v) is 6.16. The van der Waals surface area contributed by atoms with Crippen LogP contribution < -0.4 is 0 Å². The highest BCUT2D eigenvalue weighted by Gasteiger charge is 2.14. The van der Waals surface area contributed by atoms with Crippen LogP contribution >= 0.6 is 0 Å². The van der Waals surface area contributed by atoms with Gasteiger partial charge in [0.25, 0.3) is 0 Å². The molecule has 18 heavy (non-hydrogen) atoms. The Labute approximate surface area is 107 Å². The third-order valence-electron chi connectivity index (χ3n) is 3.21. The molecule has 2 rings (SSSR count). The summed E-state index contributed by atoms with van der Waals surface area (Å²) >= 11 is 0. The molecule has 1 heterocycles. The summed E-state index contributed by atoms with van der Waals surface area (Å²) in [7, 11) is 0. The largest absolute Gasteiger partial charge is 0.229 e. The van der Waals surface area contributed by atoms with Crippen LogP contribution in [0.5, 0.6) is 0 Å². The van der Waals surface area contributed by atoms with Crippen LogP contribution in [0.2, 0.25) is 0 Å². The third-order valence-corrected chi connectivity index (χ3v) is 3.21. The summed E-state index contributed by atoms with van der Waals surface area (Å²) in [6.45, 7) is 6.28. The van der Waals surface area contributed by atoms with Crippen molar-refractivity contribution in [2.75, 3.05) is 0 Å². The molecule has 0 saturated carbocycles. The minimum absolute atomic E-state index is 0.277. The smallest absolute Gasteiger partial charge is 0.227 e. The summed E-state index contributed by atoms with van der Waals surface area (Å²) in [6.07, 6.45) is 7.94. The average molecular weight is 241 g/mol. The fourth-order valence-electron chi connectivity index (χ4n) is 2.23. The van der Waals surface area contributed by atoms with Crippen LogP contribution in [0.1, 0.15) is 43.4 Å². The van der Waals surface area contributed by atoms with E-state index in [1.54, 1.807) is 6.20 Å². The monoisotopic (exact) mass is 241 g/mol. The number of pyridine rings is 1.